The summed E-state index contributed by atoms with van der Waals surface area (Å²) >= 11 is 0. The van der Waals surface area contributed by atoms with Gasteiger partial charge in [0.2, 0.25) is 0 Å². The number of nitrogens with one attached hydrogen (secondary N) is 1. The van der Waals surface area contributed by atoms with Gasteiger partial charge in [-0.1, -0.05) is 19.3 Å². The molecule has 1 rings (SSSR count). The van der Waals surface area contributed by atoms with Gasteiger partial charge in [-0.25, -0.2) is 4.79 Å². The van der Waals surface area contributed by atoms with E-state index in [0.717, 1.165) is 25.7 Å². The van der Waals surface area contributed by atoms with Crippen LogP contribution in [0.25, 0.3) is 0 Å². The Labute approximate surface area is 90.4 Å². The van der Waals surface area contributed by atoms with Gasteiger partial charge in [-0.2, -0.15) is 0 Å². The molecule has 0 aliphatic heterocycles. The lowest BCUT2D eigenvalue weighted by Gasteiger charge is -2.28. The van der Waals surface area contributed by atoms with Crippen molar-refractivity contribution in [1.82, 2.24) is 5.32 Å². The van der Waals surface area contributed by atoms with Crippen LogP contribution >= 0.6 is 0 Å². The minimum atomic E-state index is -0.513. The second kappa shape index (κ2) is 5.73. The fraction of sp³-hybridized carbons (Fsp3) is 0.818. The van der Waals surface area contributed by atoms with Crippen LogP contribution in [0.2, 0.25) is 0 Å². The number of ether oxygens (including phenoxy) is 1. The largest absolute Gasteiger partial charge is 0.453 e. The number of Topliss-reactive ketones (excluding diaryl/α,β-unsaturated/α-hetero) is 1. The fourth-order valence-electron chi connectivity index (χ4n) is 2.20. The SMILES string of the molecule is COC(=O)N[C@H](C(C)=O)C1CCCCC1. The molecule has 0 spiro atoms. The molecule has 86 valence electrons. The first-order valence-electron chi connectivity index (χ1n) is 5.50. The van der Waals surface area contributed by atoms with Gasteiger partial charge in [0.1, 0.15) is 0 Å². The maximum Gasteiger partial charge on any atom is 0.407 e. The minimum absolute atomic E-state index is 0.0206. The standard InChI is InChI=1S/C11H19NO3/c1-8(13)10(12-11(14)15-2)9-6-4-3-5-7-9/h9-10H,3-7H2,1-2H3,(H,12,14)/t10-/m1/s1. The molecule has 1 amide bonds. The molecular weight excluding hydrogens is 194 g/mol. The Kier molecular flexibility index (Phi) is 4.59. The molecule has 0 heterocycles. The Morgan fingerprint density at radius 3 is 2.33 bits per heavy atom. The fourth-order valence-corrected chi connectivity index (χ4v) is 2.20. The van der Waals surface area contributed by atoms with E-state index in [4.69, 9.17) is 0 Å². The van der Waals surface area contributed by atoms with Gasteiger partial charge in [0.15, 0.2) is 5.78 Å². The molecule has 0 aromatic carbocycles. The Balaban J connectivity index is 2.55. The summed E-state index contributed by atoms with van der Waals surface area (Å²) in [7, 11) is 1.31. The summed E-state index contributed by atoms with van der Waals surface area (Å²) in [6.45, 7) is 1.52. The number of rotatable bonds is 3. The van der Waals surface area contributed by atoms with Crippen molar-refractivity contribution in [3.05, 3.63) is 0 Å². The third-order valence-electron chi connectivity index (χ3n) is 3.02. The Hall–Kier alpha value is -1.06. The van der Waals surface area contributed by atoms with Gasteiger partial charge < -0.3 is 10.1 Å². The van der Waals surface area contributed by atoms with E-state index in [2.05, 4.69) is 10.1 Å². The lowest BCUT2D eigenvalue weighted by atomic mass is 9.82. The molecule has 1 aliphatic carbocycles. The smallest absolute Gasteiger partial charge is 0.407 e. The molecule has 0 aromatic heterocycles. The van der Waals surface area contributed by atoms with E-state index >= 15 is 0 Å². The molecule has 1 fully saturated rings. The molecule has 1 N–H and O–H groups in total. The summed E-state index contributed by atoms with van der Waals surface area (Å²) < 4.78 is 4.52. The second-order valence-corrected chi connectivity index (χ2v) is 4.12. The van der Waals surface area contributed by atoms with Gasteiger partial charge in [-0.3, -0.25) is 4.79 Å². The van der Waals surface area contributed by atoms with E-state index in [-0.39, 0.29) is 17.7 Å². The molecule has 0 radical (unpaired) electrons. The quantitative estimate of drug-likeness (QED) is 0.778. The van der Waals surface area contributed by atoms with Gasteiger partial charge in [0.25, 0.3) is 0 Å². The van der Waals surface area contributed by atoms with Gasteiger partial charge >= 0.3 is 6.09 Å². The van der Waals surface area contributed by atoms with Crippen molar-refractivity contribution < 1.29 is 14.3 Å². The van der Waals surface area contributed by atoms with Gasteiger partial charge in [-0.15, -0.1) is 0 Å². The van der Waals surface area contributed by atoms with E-state index in [9.17, 15) is 9.59 Å². The zero-order valence-electron chi connectivity index (χ0n) is 9.41. The van der Waals surface area contributed by atoms with Crippen LogP contribution in [0.1, 0.15) is 39.0 Å². The number of amides is 1. The molecule has 4 nitrogen and oxygen atoms in total. The Morgan fingerprint density at radius 1 is 1.27 bits per heavy atom. The van der Waals surface area contributed by atoms with Gasteiger partial charge in [0, 0.05) is 0 Å². The molecule has 1 aliphatic rings. The summed E-state index contributed by atoms with van der Waals surface area (Å²) in [4.78, 5) is 22.5. The van der Waals surface area contributed by atoms with Crippen molar-refractivity contribution in [3.63, 3.8) is 0 Å². The van der Waals surface area contributed by atoms with E-state index in [1.807, 2.05) is 0 Å². The maximum atomic E-state index is 11.4. The van der Waals surface area contributed by atoms with Crippen LogP contribution in [0.15, 0.2) is 0 Å². The Bertz CT molecular complexity index is 234. The highest BCUT2D eigenvalue weighted by Gasteiger charge is 2.28. The summed E-state index contributed by atoms with van der Waals surface area (Å²) in [5.41, 5.74) is 0. The van der Waals surface area contributed by atoms with Crippen molar-refractivity contribution in [2.24, 2.45) is 5.92 Å². The van der Waals surface area contributed by atoms with Crippen LogP contribution in [0.5, 0.6) is 0 Å². The molecule has 0 saturated heterocycles. The van der Waals surface area contributed by atoms with Crippen LogP contribution < -0.4 is 5.32 Å². The van der Waals surface area contributed by atoms with Crippen molar-refractivity contribution in [1.29, 1.82) is 0 Å². The number of methoxy groups -OCH3 is 1. The first-order valence-corrected chi connectivity index (χ1v) is 5.50. The molecule has 15 heavy (non-hydrogen) atoms. The summed E-state index contributed by atoms with van der Waals surface area (Å²) in [6.07, 6.45) is 5.07. The first kappa shape index (κ1) is 12.0. The van der Waals surface area contributed by atoms with Crippen LogP contribution in [0, 0.1) is 5.92 Å². The van der Waals surface area contributed by atoms with Gasteiger partial charge in [-0.05, 0) is 25.7 Å². The van der Waals surface area contributed by atoms with E-state index in [0.29, 0.717) is 0 Å². The minimum Gasteiger partial charge on any atom is -0.453 e. The maximum absolute atomic E-state index is 11.4. The topological polar surface area (TPSA) is 55.4 Å². The number of alkyl carbamates (subject to hydrolysis) is 1. The number of ketones is 1. The third-order valence-corrected chi connectivity index (χ3v) is 3.02. The third kappa shape index (κ3) is 3.53. The molecule has 0 aromatic rings. The highest BCUT2D eigenvalue weighted by atomic mass is 16.5. The zero-order valence-corrected chi connectivity index (χ0v) is 9.41. The molecule has 4 heteroatoms. The number of carbonyl (C=O) groups is 2. The highest BCUT2D eigenvalue weighted by molar-refractivity contribution is 5.85. The molecule has 0 unspecified atom stereocenters. The van der Waals surface area contributed by atoms with Crippen LogP contribution in [0.3, 0.4) is 0 Å². The lowest BCUT2D eigenvalue weighted by Crippen LogP contribution is -2.45. The van der Waals surface area contributed by atoms with Crippen molar-refractivity contribution in [2.75, 3.05) is 7.11 Å². The predicted molar refractivity (Wildman–Crippen MR) is 56.6 cm³/mol. The lowest BCUT2D eigenvalue weighted by molar-refractivity contribution is -0.120. The van der Waals surface area contributed by atoms with E-state index < -0.39 is 6.09 Å². The number of carbonyl (C=O) groups excluding carboxylic acids is 2. The van der Waals surface area contributed by atoms with E-state index in [1.54, 1.807) is 0 Å². The zero-order chi connectivity index (χ0) is 11.3. The molecule has 1 atom stereocenters. The monoisotopic (exact) mass is 213 g/mol. The number of hydrogen-bond donors (Lipinski definition) is 1. The van der Waals surface area contributed by atoms with E-state index in [1.165, 1.54) is 20.5 Å². The number of hydrogen-bond acceptors (Lipinski definition) is 3. The predicted octanol–water partition coefficient (Wildman–Crippen LogP) is 1.88. The summed E-state index contributed by atoms with van der Waals surface area (Å²) in [5.74, 6) is 0.308. The second-order valence-electron chi connectivity index (χ2n) is 4.12. The van der Waals surface area contributed by atoms with Crippen molar-refractivity contribution >= 4 is 11.9 Å². The summed E-state index contributed by atoms with van der Waals surface area (Å²) in [6, 6.07) is -0.363. The van der Waals surface area contributed by atoms with Crippen LogP contribution in [-0.2, 0) is 9.53 Å². The highest BCUT2D eigenvalue weighted by Crippen LogP contribution is 2.26. The van der Waals surface area contributed by atoms with Crippen molar-refractivity contribution in [2.45, 2.75) is 45.1 Å². The van der Waals surface area contributed by atoms with Crippen molar-refractivity contribution in [3.8, 4) is 0 Å². The van der Waals surface area contributed by atoms with Crippen LogP contribution in [0.4, 0.5) is 4.79 Å². The van der Waals surface area contributed by atoms with Gasteiger partial charge in [0.05, 0.1) is 13.2 Å². The molecule has 0 bridgehead atoms. The average molecular weight is 213 g/mol. The average Bonchev–Trinajstić information content (AvgIpc) is 2.26. The molecular formula is C11H19NO3. The van der Waals surface area contributed by atoms with Crippen LogP contribution in [-0.4, -0.2) is 25.0 Å². The molecule has 1 saturated carbocycles. The Morgan fingerprint density at radius 2 is 1.87 bits per heavy atom. The normalized spacial score (nSPS) is 19.3. The summed E-state index contributed by atoms with van der Waals surface area (Å²) in [5, 5.41) is 2.63. The first-order chi connectivity index (χ1) is 7.15.